The lowest BCUT2D eigenvalue weighted by atomic mass is 10.1. The molecular weight excluding hydrogens is 522 g/mol. The highest BCUT2D eigenvalue weighted by atomic mass is 35.5. The molecule has 0 saturated carbocycles. The number of nitrogens with zero attached hydrogens (tertiary/aromatic N) is 1. The van der Waals surface area contributed by atoms with Gasteiger partial charge in [-0.3, -0.25) is 9.59 Å². The molecule has 0 bridgehead atoms. The van der Waals surface area contributed by atoms with Crippen molar-refractivity contribution in [1.82, 2.24) is 10.2 Å². The second-order valence-corrected chi connectivity index (χ2v) is 11.3. The second kappa shape index (κ2) is 12.6. The van der Waals surface area contributed by atoms with Gasteiger partial charge in [0.05, 0.1) is 5.75 Å². The zero-order valence-corrected chi connectivity index (χ0v) is 22.9. The minimum Gasteiger partial charge on any atom is -0.350 e. The van der Waals surface area contributed by atoms with Crippen LogP contribution in [0, 0.1) is 0 Å². The van der Waals surface area contributed by atoms with Crippen molar-refractivity contribution in [2.75, 3.05) is 5.75 Å². The molecule has 1 atom stereocenters. The Hall–Kier alpha value is -1.11. The van der Waals surface area contributed by atoms with Crippen LogP contribution in [0.25, 0.3) is 0 Å². The molecule has 1 unspecified atom stereocenters. The Morgan fingerprint density at radius 3 is 2.21 bits per heavy atom. The van der Waals surface area contributed by atoms with Gasteiger partial charge in [-0.15, -0.1) is 11.8 Å². The number of rotatable bonds is 9. The first-order valence-corrected chi connectivity index (χ1v) is 13.2. The number of nitrogens with one attached hydrogen (secondary N) is 1. The second-order valence-electron chi connectivity index (χ2n) is 8.61. The zero-order chi connectivity index (χ0) is 24.8. The number of carbonyl (C=O) groups is 2. The summed E-state index contributed by atoms with van der Waals surface area (Å²) >= 11 is 26.4. The van der Waals surface area contributed by atoms with E-state index in [9.17, 15) is 9.59 Å². The molecular formula is C24H28Cl4N2O2S. The molecule has 0 heterocycles. The number of benzene rings is 2. The molecule has 9 heteroatoms. The highest BCUT2D eigenvalue weighted by Crippen LogP contribution is 2.28. The first-order valence-electron chi connectivity index (χ1n) is 10.5. The number of hydrogen-bond donors (Lipinski definition) is 1. The molecule has 0 aliphatic carbocycles. The van der Waals surface area contributed by atoms with Crippen molar-refractivity contribution >= 4 is 70.0 Å². The lowest BCUT2D eigenvalue weighted by Crippen LogP contribution is -2.53. The maximum atomic E-state index is 13.4. The Bertz CT molecular complexity index is 975. The molecule has 1 N–H and O–H groups in total. The third-order valence-corrected chi connectivity index (χ3v) is 7.03. The Labute approximate surface area is 220 Å². The molecule has 33 heavy (non-hydrogen) atoms. The van der Waals surface area contributed by atoms with Gasteiger partial charge in [-0.25, -0.2) is 0 Å². The van der Waals surface area contributed by atoms with Gasteiger partial charge in [-0.2, -0.15) is 0 Å². The van der Waals surface area contributed by atoms with Gasteiger partial charge in [-0.05, 0) is 57.0 Å². The summed E-state index contributed by atoms with van der Waals surface area (Å²) in [6.45, 7) is 7.72. The van der Waals surface area contributed by atoms with Crippen LogP contribution in [0.15, 0.2) is 36.4 Å². The lowest BCUT2D eigenvalue weighted by molar-refractivity contribution is -0.140. The van der Waals surface area contributed by atoms with Gasteiger partial charge < -0.3 is 10.2 Å². The zero-order valence-electron chi connectivity index (χ0n) is 19.1. The van der Waals surface area contributed by atoms with E-state index in [2.05, 4.69) is 5.32 Å². The van der Waals surface area contributed by atoms with E-state index in [0.29, 0.717) is 37.8 Å². The van der Waals surface area contributed by atoms with Gasteiger partial charge >= 0.3 is 0 Å². The molecule has 180 valence electrons. The van der Waals surface area contributed by atoms with Crippen LogP contribution in [0.4, 0.5) is 0 Å². The lowest BCUT2D eigenvalue weighted by Gasteiger charge is -2.33. The molecule has 0 fully saturated rings. The van der Waals surface area contributed by atoms with Crippen LogP contribution in [0.5, 0.6) is 0 Å². The summed E-state index contributed by atoms with van der Waals surface area (Å²) in [5, 5.41) is 4.99. The maximum absolute atomic E-state index is 13.4. The first-order chi connectivity index (χ1) is 15.4. The average molecular weight is 550 g/mol. The van der Waals surface area contributed by atoms with E-state index in [1.54, 1.807) is 35.2 Å². The molecule has 0 aromatic heterocycles. The number of halogens is 4. The topological polar surface area (TPSA) is 49.4 Å². The minimum atomic E-state index is -0.663. The molecule has 2 aromatic rings. The number of thioether (sulfide) groups is 1. The Kier molecular flexibility index (Phi) is 10.7. The van der Waals surface area contributed by atoms with E-state index in [1.807, 2.05) is 33.8 Å². The van der Waals surface area contributed by atoms with E-state index in [1.165, 1.54) is 11.8 Å². The quantitative estimate of drug-likeness (QED) is 0.358. The minimum absolute atomic E-state index is 0.135. The van der Waals surface area contributed by atoms with Crippen LogP contribution < -0.4 is 5.32 Å². The predicted octanol–water partition coefficient (Wildman–Crippen LogP) is 7.26. The summed E-state index contributed by atoms with van der Waals surface area (Å²) < 4.78 is 0. The van der Waals surface area contributed by atoms with E-state index in [4.69, 9.17) is 46.4 Å². The van der Waals surface area contributed by atoms with Crippen LogP contribution in [0.3, 0.4) is 0 Å². The fourth-order valence-corrected chi connectivity index (χ4v) is 5.18. The standard InChI is InChI=1S/C24H28Cl4N2O2S/c1-5-21(23(32)29-24(2,3)4)30(12-17-18(26)7-6-8-19(17)27)22(31)14-33-13-15-9-10-16(25)11-20(15)28/h6-11,21H,5,12-14H2,1-4H3,(H,29,32). The van der Waals surface area contributed by atoms with E-state index >= 15 is 0 Å². The van der Waals surface area contributed by atoms with Crippen LogP contribution >= 0.6 is 58.2 Å². The van der Waals surface area contributed by atoms with Crippen molar-refractivity contribution in [2.24, 2.45) is 0 Å². The number of amides is 2. The molecule has 0 radical (unpaired) electrons. The van der Waals surface area contributed by atoms with Crippen LogP contribution in [-0.4, -0.2) is 34.0 Å². The van der Waals surface area contributed by atoms with Gasteiger partial charge in [0.2, 0.25) is 11.8 Å². The molecule has 2 rings (SSSR count). The van der Waals surface area contributed by atoms with Gasteiger partial charge in [0.1, 0.15) is 6.04 Å². The van der Waals surface area contributed by atoms with E-state index < -0.39 is 11.6 Å². The van der Waals surface area contributed by atoms with Crippen molar-refractivity contribution in [3.8, 4) is 0 Å². The predicted molar refractivity (Wildman–Crippen MR) is 142 cm³/mol. The fourth-order valence-electron chi connectivity index (χ4n) is 3.20. The first kappa shape index (κ1) is 28.1. The third kappa shape index (κ3) is 8.56. The fraction of sp³-hybridized carbons (Fsp3) is 0.417. The maximum Gasteiger partial charge on any atom is 0.243 e. The average Bonchev–Trinajstić information content (AvgIpc) is 2.70. The third-order valence-electron chi connectivity index (χ3n) is 4.77. The molecule has 0 aliphatic rings. The summed E-state index contributed by atoms with van der Waals surface area (Å²) in [5.74, 6) is 0.303. The van der Waals surface area contributed by atoms with Gasteiger partial charge in [0.25, 0.3) is 0 Å². The summed E-state index contributed by atoms with van der Waals surface area (Å²) in [5.41, 5.74) is 1.07. The highest BCUT2D eigenvalue weighted by molar-refractivity contribution is 7.99. The monoisotopic (exact) mass is 548 g/mol. The van der Waals surface area contributed by atoms with Crippen LogP contribution in [-0.2, 0) is 21.9 Å². The molecule has 0 spiro atoms. The van der Waals surface area contributed by atoms with Gasteiger partial charge in [-0.1, -0.05) is 65.5 Å². The Morgan fingerprint density at radius 2 is 1.67 bits per heavy atom. The molecule has 0 aliphatic heterocycles. The largest absolute Gasteiger partial charge is 0.350 e. The summed E-state index contributed by atoms with van der Waals surface area (Å²) in [4.78, 5) is 28.0. The van der Waals surface area contributed by atoms with E-state index in [0.717, 1.165) is 5.56 Å². The smallest absolute Gasteiger partial charge is 0.243 e. The number of hydrogen-bond acceptors (Lipinski definition) is 3. The van der Waals surface area contributed by atoms with E-state index in [-0.39, 0.29) is 24.1 Å². The van der Waals surface area contributed by atoms with Crippen molar-refractivity contribution in [3.05, 3.63) is 67.6 Å². The molecule has 4 nitrogen and oxygen atoms in total. The summed E-state index contributed by atoms with van der Waals surface area (Å²) in [6.07, 6.45) is 0.448. The molecule has 0 saturated heterocycles. The van der Waals surface area contributed by atoms with Crippen molar-refractivity contribution in [1.29, 1.82) is 0 Å². The van der Waals surface area contributed by atoms with Crippen LogP contribution in [0.1, 0.15) is 45.2 Å². The number of carbonyl (C=O) groups excluding carboxylic acids is 2. The Morgan fingerprint density at radius 1 is 1.03 bits per heavy atom. The van der Waals surface area contributed by atoms with Gasteiger partial charge in [0.15, 0.2) is 0 Å². The van der Waals surface area contributed by atoms with Gasteiger partial charge in [0, 0.05) is 43.5 Å². The molecule has 2 aromatic carbocycles. The van der Waals surface area contributed by atoms with Crippen molar-refractivity contribution < 1.29 is 9.59 Å². The molecule has 2 amide bonds. The normalized spacial score (nSPS) is 12.4. The highest BCUT2D eigenvalue weighted by Gasteiger charge is 2.31. The van der Waals surface area contributed by atoms with Crippen molar-refractivity contribution in [3.63, 3.8) is 0 Å². The SMILES string of the molecule is CCC(C(=O)NC(C)(C)C)N(Cc1c(Cl)cccc1Cl)C(=O)CSCc1ccc(Cl)cc1Cl. The van der Waals surface area contributed by atoms with Crippen LogP contribution in [0.2, 0.25) is 20.1 Å². The summed E-state index contributed by atoms with van der Waals surface area (Å²) in [7, 11) is 0. The Balaban J connectivity index is 2.24. The summed E-state index contributed by atoms with van der Waals surface area (Å²) in [6, 6.07) is 9.81. The van der Waals surface area contributed by atoms with Crippen molar-refractivity contribution in [2.45, 2.75) is 58.0 Å².